The Hall–Kier alpha value is -2.13. The molecule has 8 nitrogen and oxygen atoms in total. The fourth-order valence-electron chi connectivity index (χ4n) is 1.64. The Labute approximate surface area is 122 Å². The quantitative estimate of drug-likeness (QED) is 0.638. The van der Waals surface area contributed by atoms with Crippen molar-refractivity contribution >= 4 is 15.7 Å². The number of nitrogens with zero attached hydrogens (tertiary/aromatic N) is 2. The lowest BCUT2D eigenvalue weighted by atomic mass is 10.3. The highest BCUT2D eigenvalue weighted by molar-refractivity contribution is 7.89. The van der Waals surface area contributed by atoms with Gasteiger partial charge >= 0.3 is 0 Å². The van der Waals surface area contributed by atoms with E-state index in [0.717, 1.165) is 0 Å². The molecule has 0 aliphatic rings. The summed E-state index contributed by atoms with van der Waals surface area (Å²) in [6.45, 7) is 1.72. The Morgan fingerprint density at radius 1 is 1.38 bits per heavy atom. The molecule has 0 amide bonds. The highest BCUT2D eigenvalue weighted by atomic mass is 32.2. The number of nitrogens with two attached hydrogens (primary N) is 1. The normalized spacial score (nSPS) is 13.0. The van der Waals surface area contributed by atoms with Gasteiger partial charge in [-0.05, 0) is 31.2 Å². The second kappa shape index (κ2) is 6.55. The summed E-state index contributed by atoms with van der Waals surface area (Å²) in [6, 6.07) is 6.27. The monoisotopic (exact) mass is 311 g/mol. The number of nitrogens with one attached hydrogen (secondary N) is 2. The van der Waals surface area contributed by atoms with Crippen molar-refractivity contribution in [1.82, 2.24) is 19.9 Å². The minimum atomic E-state index is -3.47. The molecule has 0 bridgehead atoms. The van der Waals surface area contributed by atoms with Crippen molar-refractivity contribution in [1.29, 1.82) is 0 Å². The van der Waals surface area contributed by atoms with E-state index in [-0.39, 0.29) is 12.4 Å². The number of hydrogen-bond acceptors (Lipinski definition) is 6. The van der Waals surface area contributed by atoms with E-state index in [1.807, 2.05) is 0 Å². The van der Waals surface area contributed by atoms with E-state index in [2.05, 4.69) is 19.9 Å². The summed E-state index contributed by atoms with van der Waals surface area (Å²) in [5.74, 6) is 0.872. The van der Waals surface area contributed by atoms with Crippen LogP contribution in [0.5, 0.6) is 5.75 Å². The second-order valence-electron chi connectivity index (χ2n) is 4.45. The minimum Gasteiger partial charge on any atom is -0.492 e. The highest BCUT2D eigenvalue weighted by Gasteiger charge is 2.17. The van der Waals surface area contributed by atoms with Gasteiger partial charge in [-0.25, -0.2) is 18.1 Å². The van der Waals surface area contributed by atoms with Crippen LogP contribution in [0.25, 0.3) is 0 Å². The van der Waals surface area contributed by atoms with Gasteiger partial charge in [-0.15, -0.1) is 0 Å². The van der Waals surface area contributed by atoms with Gasteiger partial charge in [0.2, 0.25) is 10.0 Å². The topological polar surface area (TPSA) is 123 Å². The van der Waals surface area contributed by atoms with Crippen LogP contribution in [0.2, 0.25) is 0 Å². The maximum atomic E-state index is 11.9. The third kappa shape index (κ3) is 4.72. The van der Waals surface area contributed by atoms with Crippen molar-refractivity contribution in [2.45, 2.75) is 13.0 Å². The number of sulfonamides is 1. The van der Waals surface area contributed by atoms with Crippen LogP contribution in [0.15, 0.2) is 30.6 Å². The van der Waals surface area contributed by atoms with Gasteiger partial charge in [0.25, 0.3) is 0 Å². The summed E-state index contributed by atoms with van der Waals surface area (Å²) >= 11 is 0. The molecule has 0 saturated heterocycles. The molecule has 2 aromatic rings. The van der Waals surface area contributed by atoms with Gasteiger partial charge in [-0.2, -0.15) is 5.10 Å². The summed E-state index contributed by atoms with van der Waals surface area (Å²) in [7, 11) is -3.47. The van der Waals surface area contributed by atoms with Crippen LogP contribution in [0.4, 0.5) is 5.69 Å². The van der Waals surface area contributed by atoms with Gasteiger partial charge in [0.15, 0.2) is 0 Å². The molecule has 0 fully saturated rings. The third-order valence-corrected chi connectivity index (χ3v) is 4.12. The summed E-state index contributed by atoms with van der Waals surface area (Å²) in [5, 5.41) is 6.29. The predicted octanol–water partition coefficient (Wildman–Crippen LogP) is 0.446. The number of anilines is 1. The third-order valence-electron chi connectivity index (χ3n) is 2.70. The predicted molar refractivity (Wildman–Crippen MR) is 78.1 cm³/mol. The standard InChI is InChI=1S/C12H17N5O3S/c1-9(12-14-8-15-16-12)17-21(18,19)7-6-20-11-4-2-10(13)3-5-11/h2-5,8-9,17H,6-7,13H2,1H3,(H,14,15,16). The van der Waals surface area contributed by atoms with Crippen molar-refractivity contribution < 1.29 is 13.2 Å². The van der Waals surface area contributed by atoms with Crippen LogP contribution in [0, 0.1) is 0 Å². The minimum absolute atomic E-state index is 0.0440. The Morgan fingerprint density at radius 2 is 2.10 bits per heavy atom. The number of aromatic nitrogens is 3. The van der Waals surface area contributed by atoms with Crippen molar-refractivity contribution in [2.75, 3.05) is 18.1 Å². The number of benzene rings is 1. The second-order valence-corrected chi connectivity index (χ2v) is 6.32. The van der Waals surface area contributed by atoms with Crippen LogP contribution >= 0.6 is 0 Å². The summed E-state index contributed by atoms with van der Waals surface area (Å²) in [5.41, 5.74) is 6.17. The lowest BCUT2D eigenvalue weighted by molar-refractivity contribution is 0.340. The summed E-state index contributed by atoms with van der Waals surface area (Å²) in [6.07, 6.45) is 1.32. The Morgan fingerprint density at radius 3 is 2.71 bits per heavy atom. The first kappa shape index (κ1) is 15.3. The fraction of sp³-hybridized carbons (Fsp3) is 0.333. The molecule has 1 atom stereocenters. The first-order chi connectivity index (χ1) is 9.96. The van der Waals surface area contributed by atoms with Crippen molar-refractivity contribution in [3.63, 3.8) is 0 Å². The number of rotatable bonds is 7. The van der Waals surface area contributed by atoms with Gasteiger partial charge in [-0.1, -0.05) is 0 Å². The number of aromatic amines is 1. The molecule has 1 aromatic carbocycles. The molecule has 0 aliphatic heterocycles. The summed E-state index contributed by atoms with van der Waals surface area (Å²) in [4.78, 5) is 3.90. The molecule has 1 aromatic heterocycles. The van der Waals surface area contributed by atoms with E-state index >= 15 is 0 Å². The molecule has 0 aliphatic carbocycles. The van der Waals surface area contributed by atoms with Gasteiger partial charge < -0.3 is 10.5 Å². The molecule has 9 heteroatoms. The van der Waals surface area contributed by atoms with Gasteiger partial charge in [-0.3, -0.25) is 5.10 Å². The average Bonchev–Trinajstić information content (AvgIpc) is 2.94. The highest BCUT2D eigenvalue weighted by Crippen LogP contribution is 2.13. The maximum absolute atomic E-state index is 11.9. The van der Waals surface area contributed by atoms with Gasteiger partial charge in [0.05, 0.1) is 11.8 Å². The zero-order chi connectivity index (χ0) is 15.3. The molecule has 2 rings (SSSR count). The van der Waals surface area contributed by atoms with E-state index < -0.39 is 16.1 Å². The number of hydrogen-bond donors (Lipinski definition) is 3. The molecule has 1 heterocycles. The van der Waals surface area contributed by atoms with Crippen LogP contribution in [-0.4, -0.2) is 36.0 Å². The van der Waals surface area contributed by atoms with E-state index in [1.54, 1.807) is 31.2 Å². The van der Waals surface area contributed by atoms with E-state index in [9.17, 15) is 8.42 Å². The molecule has 0 radical (unpaired) electrons. The Bertz CT molecular complexity index is 655. The van der Waals surface area contributed by atoms with E-state index in [1.165, 1.54) is 6.33 Å². The Balaban J connectivity index is 1.82. The molecule has 1 unspecified atom stereocenters. The van der Waals surface area contributed by atoms with Crippen molar-refractivity contribution in [2.24, 2.45) is 0 Å². The lowest BCUT2D eigenvalue weighted by Gasteiger charge is -2.12. The molecule has 4 N–H and O–H groups in total. The zero-order valence-electron chi connectivity index (χ0n) is 11.5. The maximum Gasteiger partial charge on any atom is 0.215 e. The molecular weight excluding hydrogens is 294 g/mol. The van der Waals surface area contributed by atoms with Gasteiger partial charge in [0, 0.05) is 5.69 Å². The van der Waals surface area contributed by atoms with Crippen LogP contribution in [0.1, 0.15) is 18.8 Å². The van der Waals surface area contributed by atoms with Crippen LogP contribution in [0.3, 0.4) is 0 Å². The molecule has 114 valence electrons. The zero-order valence-corrected chi connectivity index (χ0v) is 12.3. The number of ether oxygens (including phenoxy) is 1. The van der Waals surface area contributed by atoms with Crippen molar-refractivity contribution in [3.8, 4) is 5.75 Å². The van der Waals surface area contributed by atoms with E-state index in [4.69, 9.17) is 10.5 Å². The fourth-order valence-corrected chi connectivity index (χ4v) is 2.71. The lowest BCUT2D eigenvalue weighted by Crippen LogP contribution is -2.31. The smallest absolute Gasteiger partial charge is 0.215 e. The molecular formula is C12H17N5O3S. The van der Waals surface area contributed by atoms with Gasteiger partial charge in [0.1, 0.15) is 24.5 Å². The molecule has 0 spiro atoms. The van der Waals surface area contributed by atoms with Crippen LogP contribution < -0.4 is 15.2 Å². The van der Waals surface area contributed by atoms with Crippen LogP contribution in [-0.2, 0) is 10.0 Å². The Kier molecular flexibility index (Phi) is 4.76. The van der Waals surface area contributed by atoms with Crippen molar-refractivity contribution in [3.05, 3.63) is 36.4 Å². The first-order valence-electron chi connectivity index (χ1n) is 6.30. The number of nitrogen functional groups attached to an aromatic ring is 1. The number of H-pyrrole nitrogens is 1. The molecule has 21 heavy (non-hydrogen) atoms. The van der Waals surface area contributed by atoms with E-state index in [0.29, 0.717) is 17.3 Å². The average molecular weight is 311 g/mol. The first-order valence-corrected chi connectivity index (χ1v) is 7.95. The molecule has 0 saturated carbocycles. The SMILES string of the molecule is CC(NS(=O)(=O)CCOc1ccc(N)cc1)c1ncn[nH]1. The largest absolute Gasteiger partial charge is 0.492 e. The summed E-state index contributed by atoms with van der Waals surface area (Å²) < 4.78 is 31.7.